The summed E-state index contributed by atoms with van der Waals surface area (Å²) in [7, 11) is 1.40. The molecule has 0 aromatic heterocycles. The van der Waals surface area contributed by atoms with Crippen molar-refractivity contribution in [3.05, 3.63) is 29.6 Å². The number of nitrogens with zero attached hydrogens (tertiary/aromatic N) is 1. The Bertz CT molecular complexity index is 463. The molecule has 1 saturated carbocycles. The molecule has 2 rings (SSSR count). The molecule has 104 valence electrons. The lowest BCUT2D eigenvalue weighted by Crippen LogP contribution is -2.45. The van der Waals surface area contributed by atoms with Crippen molar-refractivity contribution in [1.29, 1.82) is 0 Å². The van der Waals surface area contributed by atoms with Crippen molar-refractivity contribution in [1.82, 2.24) is 4.90 Å². The largest absolute Gasteiger partial charge is 0.494 e. The quantitative estimate of drug-likeness (QED) is 0.776. The minimum atomic E-state index is -0.449. The van der Waals surface area contributed by atoms with Crippen molar-refractivity contribution < 1.29 is 13.9 Å². The van der Waals surface area contributed by atoms with E-state index in [4.69, 9.17) is 4.74 Å². The molecule has 19 heavy (non-hydrogen) atoms. The summed E-state index contributed by atoms with van der Waals surface area (Å²) in [6.07, 6.45) is 3.28. The molecular formula is C14H17BrFNO2. The summed E-state index contributed by atoms with van der Waals surface area (Å²) < 4.78 is 18.3. The Morgan fingerprint density at radius 1 is 1.53 bits per heavy atom. The zero-order valence-electron chi connectivity index (χ0n) is 10.9. The van der Waals surface area contributed by atoms with Crippen LogP contribution >= 0.6 is 15.9 Å². The lowest BCUT2D eigenvalue weighted by molar-refractivity contribution is 0.0599. The Morgan fingerprint density at radius 2 is 2.26 bits per heavy atom. The molecule has 0 aliphatic heterocycles. The normalized spacial score (nSPS) is 14.9. The molecule has 5 heteroatoms. The summed E-state index contributed by atoms with van der Waals surface area (Å²) in [5.74, 6) is -0.393. The average Bonchev–Trinajstić information content (AvgIpc) is 2.36. The number of amides is 1. The fourth-order valence-electron chi connectivity index (χ4n) is 2.20. The number of rotatable bonds is 5. The van der Waals surface area contributed by atoms with Gasteiger partial charge in [0.15, 0.2) is 11.6 Å². The van der Waals surface area contributed by atoms with Gasteiger partial charge in [0.2, 0.25) is 0 Å². The number of alkyl halides is 1. The van der Waals surface area contributed by atoms with Crippen molar-refractivity contribution in [2.75, 3.05) is 19.0 Å². The first-order chi connectivity index (χ1) is 9.17. The van der Waals surface area contributed by atoms with Crippen LogP contribution in [0, 0.1) is 5.82 Å². The van der Waals surface area contributed by atoms with Gasteiger partial charge in [-0.15, -0.1) is 0 Å². The molecule has 0 bridgehead atoms. The van der Waals surface area contributed by atoms with Gasteiger partial charge in [0, 0.05) is 23.5 Å². The number of carbonyl (C=O) groups is 1. The maximum atomic E-state index is 13.4. The predicted molar refractivity (Wildman–Crippen MR) is 75.4 cm³/mol. The summed E-state index contributed by atoms with van der Waals surface area (Å²) >= 11 is 3.37. The van der Waals surface area contributed by atoms with E-state index < -0.39 is 5.82 Å². The van der Waals surface area contributed by atoms with Crippen molar-refractivity contribution in [2.45, 2.75) is 25.3 Å². The number of hydrogen-bond acceptors (Lipinski definition) is 2. The van der Waals surface area contributed by atoms with Gasteiger partial charge in [-0.2, -0.15) is 0 Å². The zero-order valence-corrected chi connectivity index (χ0v) is 12.5. The second kappa shape index (κ2) is 6.37. The monoisotopic (exact) mass is 329 g/mol. The summed E-state index contributed by atoms with van der Waals surface area (Å²) in [6.45, 7) is 0.670. The van der Waals surface area contributed by atoms with Gasteiger partial charge in [-0.3, -0.25) is 4.79 Å². The van der Waals surface area contributed by atoms with Gasteiger partial charge >= 0.3 is 0 Å². The van der Waals surface area contributed by atoms with Crippen LogP contribution in [-0.4, -0.2) is 35.8 Å². The van der Waals surface area contributed by atoms with E-state index in [0.29, 0.717) is 18.2 Å². The minimum Gasteiger partial charge on any atom is -0.494 e. The Morgan fingerprint density at radius 3 is 2.79 bits per heavy atom. The third-order valence-electron chi connectivity index (χ3n) is 3.50. The van der Waals surface area contributed by atoms with Crippen LogP contribution < -0.4 is 4.74 Å². The predicted octanol–water partition coefficient (Wildman–Crippen LogP) is 3.22. The number of carbonyl (C=O) groups excluding carboxylic acids is 1. The van der Waals surface area contributed by atoms with E-state index in [1.54, 1.807) is 0 Å². The molecule has 0 atom stereocenters. The molecule has 1 aromatic rings. The third kappa shape index (κ3) is 3.08. The van der Waals surface area contributed by atoms with Gasteiger partial charge in [0.25, 0.3) is 5.91 Å². The van der Waals surface area contributed by atoms with E-state index in [1.165, 1.54) is 31.7 Å². The highest BCUT2D eigenvalue weighted by atomic mass is 79.9. The number of hydrogen-bond donors (Lipinski definition) is 0. The Hall–Kier alpha value is -1.10. The maximum Gasteiger partial charge on any atom is 0.254 e. The van der Waals surface area contributed by atoms with E-state index in [1.807, 2.05) is 4.90 Å². The fraction of sp³-hybridized carbons (Fsp3) is 0.500. The molecule has 3 nitrogen and oxygen atoms in total. The first kappa shape index (κ1) is 14.3. The van der Waals surface area contributed by atoms with Crippen LogP contribution in [0.25, 0.3) is 0 Å². The highest BCUT2D eigenvalue weighted by Crippen LogP contribution is 2.27. The van der Waals surface area contributed by atoms with Crippen molar-refractivity contribution >= 4 is 21.8 Å². The topological polar surface area (TPSA) is 29.5 Å². The second-order valence-electron chi connectivity index (χ2n) is 4.62. The van der Waals surface area contributed by atoms with Crippen LogP contribution in [0.4, 0.5) is 4.39 Å². The molecule has 0 radical (unpaired) electrons. The molecule has 0 heterocycles. The van der Waals surface area contributed by atoms with E-state index in [-0.39, 0.29) is 11.7 Å². The number of benzene rings is 1. The fourth-order valence-corrected chi connectivity index (χ4v) is 2.58. The molecule has 1 amide bonds. The minimum absolute atomic E-state index is 0.0533. The van der Waals surface area contributed by atoms with Crippen LogP contribution in [-0.2, 0) is 0 Å². The maximum absolute atomic E-state index is 13.4. The molecule has 0 spiro atoms. The Kier molecular flexibility index (Phi) is 4.80. The van der Waals surface area contributed by atoms with Gasteiger partial charge in [-0.1, -0.05) is 15.9 Å². The summed E-state index contributed by atoms with van der Waals surface area (Å²) in [5.41, 5.74) is 0.478. The van der Waals surface area contributed by atoms with Gasteiger partial charge in [-0.05, 0) is 37.5 Å². The molecule has 1 aliphatic carbocycles. The zero-order chi connectivity index (χ0) is 13.8. The van der Waals surface area contributed by atoms with E-state index in [0.717, 1.165) is 18.2 Å². The van der Waals surface area contributed by atoms with Crippen LogP contribution in [0.5, 0.6) is 5.75 Å². The smallest absolute Gasteiger partial charge is 0.254 e. The number of ether oxygens (including phenoxy) is 1. The Balaban J connectivity index is 2.20. The highest BCUT2D eigenvalue weighted by molar-refractivity contribution is 9.09. The Labute approximate surface area is 120 Å². The van der Waals surface area contributed by atoms with Crippen LogP contribution in [0.2, 0.25) is 0 Å². The van der Waals surface area contributed by atoms with Crippen LogP contribution in [0.1, 0.15) is 29.6 Å². The molecule has 0 N–H and O–H groups in total. The molecular weight excluding hydrogens is 313 g/mol. The van der Waals surface area contributed by atoms with E-state index >= 15 is 0 Å². The molecule has 1 aromatic carbocycles. The van der Waals surface area contributed by atoms with Crippen molar-refractivity contribution in [3.63, 3.8) is 0 Å². The summed E-state index contributed by atoms with van der Waals surface area (Å²) in [4.78, 5) is 14.3. The standard InChI is InChI=1S/C14H17BrFNO2/c1-19-13-9-10(5-6-12(13)16)14(18)17(8-7-15)11-3-2-4-11/h5-6,9,11H,2-4,7-8H2,1H3. The van der Waals surface area contributed by atoms with E-state index in [9.17, 15) is 9.18 Å². The van der Waals surface area contributed by atoms with Gasteiger partial charge in [0.05, 0.1) is 7.11 Å². The first-order valence-electron chi connectivity index (χ1n) is 6.38. The van der Waals surface area contributed by atoms with Crippen LogP contribution in [0.3, 0.4) is 0 Å². The van der Waals surface area contributed by atoms with Gasteiger partial charge in [0.1, 0.15) is 0 Å². The van der Waals surface area contributed by atoms with Gasteiger partial charge in [-0.25, -0.2) is 4.39 Å². The van der Waals surface area contributed by atoms with Crippen LogP contribution in [0.15, 0.2) is 18.2 Å². The molecule has 0 unspecified atom stereocenters. The van der Waals surface area contributed by atoms with Crippen molar-refractivity contribution in [3.8, 4) is 5.75 Å². The SMILES string of the molecule is COc1cc(C(=O)N(CCBr)C2CCC2)ccc1F. The first-order valence-corrected chi connectivity index (χ1v) is 7.50. The van der Waals surface area contributed by atoms with E-state index in [2.05, 4.69) is 15.9 Å². The summed E-state index contributed by atoms with van der Waals surface area (Å²) in [5, 5.41) is 0.744. The summed E-state index contributed by atoms with van der Waals surface area (Å²) in [6, 6.07) is 4.58. The average molecular weight is 330 g/mol. The lowest BCUT2D eigenvalue weighted by atomic mass is 9.91. The third-order valence-corrected chi connectivity index (χ3v) is 3.85. The van der Waals surface area contributed by atoms with Gasteiger partial charge < -0.3 is 9.64 Å². The molecule has 0 saturated heterocycles. The molecule has 1 fully saturated rings. The number of halogens is 2. The molecule has 1 aliphatic rings. The highest BCUT2D eigenvalue weighted by Gasteiger charge is 2.29. The second-order valence-corrected chi connectivity index (χ2v) is 5.41. The number of methoxy groups -OCH3 is 1. The van der Waals surface area contributed by atoms with Crippen molar-refractivity contribution in [2.24, 2.45) is 0 Å². The lowest BCUT2D eigenvalue weighted by Gasteiger charge is -2.37.